The van der Waals surface area contributed by atoms with Crippen LogP contribution in [0.3, 0.4) is 0 Å². The van der Waals surface area contributed by atoms with Crippen LogP contribution in [-0.2, 0) is 0 Å². The summed E-state index contributed by atoms with van der Waals surface area (Å²) in [6, 6.07) is 83.0. The summed E-state index contributed by atoms with van der Waals surface area (Å²) in [7, 11) is 0. The molecular weight excluding hydrogens is 677 g/mol. The molecule has 0 atom stereocenters. The molecule has 0 unspecified atom stereocenters. The highest BCUT2D eigenvalue weighted by Gasteiger charge is 2.18. The number of hydrogen-bond acceptors (Lipinski definition) is 2. The first-order valence-corrected chi connectivity index (χ1v) is 19.2. The molecule has 0 aromatic heterocycles. The van der Waals surface area contributed by atoms with Gasteiger partial charge in [0.15, 0.2) is 0 Å². The fraction of sp³-hybridized carbons (Fsp3) is 0. The molecule has 0 fully saturated rings. The first-order chi connectivity index (χ1) is 27.8. The zero-order valence-electron chi connectivity index (χ0n) is 30.8. The number of fused-ring (bicyclic) bond motifs is 5. The highest BCUT2D eigenvalue weighted by Crippen LogP contribution is 2.44. The van der Waals surface area contributed by atoms with Gasteiger partial charge in [-0.05, 0) is 140 Å². The number of anilines is 6. The van der Waals surface area contributed by atoms with Gasteiger partial charge < -0.3 is 9.80 Å². The monoisotopic (exact) mass is 714 g/mol. The molecule has 2 nitrogen and oxygen atoms in total. The summed E-state index contributed by atoms with van der Waals surface area (Å²) in [5.41, 5.74) is 11.5. The Labute approximate surface area is 327 Å². The average molecular weight is 715 g/mol. The fourth-order valence-corrected chi connectivity index (χ4v) is 8.26. The van der Waals surface area contributed by atoms with Crippen molar-refractivity contribution in [2.24, 2.45) is 0 Å². The van der Waals surface area contributed by atoms with E-state index < -0.39 is 0 Å². The van der Waals surface area contributed by atoms with Crippen LogP contribution in [0.2, 0.25) is 0 Å². The maximum atomic E-state index is 2.42. The van der Waals surface area contributed by atoms with Crippen molar-refractivity contribution in [1.82, 2.24) is 0 Å². The number of rotatable bonds is 8. The highest BCUT2D eigenvalue weighted by molar-refractivity contribution is 6.24. The molecule has 10 aromatic carbocycles. The molecule has 0 spiro atoms. The molecule has 0 amide bonds. The van der Waals surface area contributed by atoms with Gasteiger partial charge in [0.1, 0.15) is 0 Å². The van der Waals surface area contributed by atoms with E-state index in [-0.39, 0.29) is 0 Å². The van der Waals surface area contributed by atoms with E-state index in [1.807, 2.05) is 0 Å². The third-order valence-electron chi connectivity index (χ3n) is 10.8. The van der Waals surface area contributed by atoms with Gasteiger partial charge in [0.05, 0.1) is 0 Å². The lowest BCUT2D eigenvalue weighted by Gasteiger charge is -2.26. The van der Waals surface area contributed by atoms with Gasteiger partial charge in [-0.1, -0.05) is 146 Å². The molecular formula is C54H38N2. The summed E-state index contributed by atoms with van der Waals surface area (Å²) in [5.74, 6) is 0. The largest absolute Gasteiger partial charge is 0.310 e. The van der Waals surface area contributed by atoms with E-state index in [0.29, 0.717) is 0 Å². The predicted octanol–water partition coefficient (Wildman–Crippen LogP) is 15.4. The molecule has 0 N–H and O–H groups in total. The van der Waals surface area contributed by atoms with E-state index >= 15 is 0 Å². The number of hydrogen-bond donors (Lipinski definition) is 0. The molecule has 0 bridgehead atoms. The first kappa shape index (κ1) is 33.2. The Morgan fingerprint density at radius 2 is 0.482 bits per heavy atom. The minimum absolute atomic E-state index is 1.12. The Kier molecular flexibility index (Phi) is 8.55. The van der Waals surface area contributed by atoms with Crippen LogP contribution in [0.5, 0.6) is 0 Å². The number of nitrogens with zero attached hydrogens (tertiary/aromatic N) is 2. The lowest BCUT2D eigenvalue weighted by Crippen LogP contribution is -2.09. The molecule has 0 aliphatic rings. The lowest BCUT2D eigenvalue weighted by molar-refractivity contribution is 1.28. The second-order valence-electron chi connectivity index (χ2n) is 14.1. The van der Waals surface area contributed by atoms with Crippen molar-refractivity contribution < 1.29 is 0 Å². The molecule has 0 aliphatic carbocycles. The van der Waals surface area contributed by atoms with Gasteiger partial charge in [0.2, 0.25) is 0 Å². The molecule has 0 radical (unpaired) electrons. The molecule has 0 saturated carbocycles. The first-order valence-electron chi connectivity index (χ1n) is 19.2. The Hall–Kier alpha value is -7.42. The van der Waals surface area contributed by atoms with Crippen molar-refractivity contribution in [3.8, 4) is 22.3 Å². The summed E-state index contributed by atoms with van der Waals surface area (Å²) in [4.78, 5) is 4.67. The normalized spacial score (nSPS) is 11.2. The van der Waals surface area contributed by atoms with Crippen LogP contribution in [0.4, 0.5) is 34.1 Å². The maximum Gasteiger partial charge on any atom is 0.0467 e. The Morgan fingerprint density at radius 3 is 0.821 bits per heavy atom. The van der Waals surface area contributed by atoms with Crippen LogP contribution in [-0.4, -0.2) is 0 Å². The smallest absolute Gasteiger partial charge is 0.0467 e. The Morgan fingerprint density at radius 1 is 0.196 bits per heavy atom. The van der Waals surface area contributed by atoms with Crippen LogP contribution >= 0.6 is 0 Å². The summed E-state index contributed by atoms with van der Waals surface area (Å²) < 4.78 is 0. The fourth-order valence-electron chi connectivity index (χ4n) is 8.26. The molecule has 264 valence electrons. The van der Waals surface area contributed by atoms with Crippen LogP contribution < -0.4 is 9.80 Å². The van der Waals surface area contributed by atoms with E-state index in [9.17, 15) is 0 Å². The molecule has 0 aliphatic heterocycles. The van der Waals surface area contributed by atoms with Crippen molar-refractivity contribution in [3.63, 3.8) is 0 Å². The van der Waals surface area contributed by atoms with E-state index in [0.717, 1.165) is 34.1 Å². The standard InChI is InChI=1S/C54H38N2/c1-5-21-41(22-6-1)55(42-23-7-2-8-24-42)45-29-17-19-39(35-45)51-37-53-50-34-16-14-32-48(50)52(38-54(53)49-33-15-13-31-47(49)51)40-20-18-30-46(36-40)56(43-25-9-3-10-26-43)44-27-11-4-12-28-44/h1-38H. The van der Waals surface area contributed by atoms with Gasteiger partial charge in [0, 0.05) is 34.1 Å². The van der Waals surface area contributed by atoms with Crippen molar-refractivity contribution in [2.75, 3.05) is 9.80 Å². The van der Waals surface area contributed by atoms with Crippen molar-refractivity contribution in [3.05, 3.63) is 231 Å². The summed E-state index contributed by atoms with van der Waals surface area (Å²) in [6.07, 6.45) is 0. The Balaban J connectivity index is 1.16. The van der Waals surface area contributed by atoms with Crippen LogP contribution in [0.25, 0.3) is 54.6 Å². The van der Waals surface area contributed by atoms with Gasteiger partial charge in [0.25, 0.3) is 0 Å². The third kappa shape index (κ3) is 6.04. The molecule has 10 aromatic rings. The van der Waals surface area contributed by atoms with Crippen molar-refractivity contribution in [2.45, 2.75) is 0 Å². The summed E-state index contributed by atoms with van der Waals surface area (Å²) in [6.45, 7) is 0. The second kappa shape index (κ2) is 14.4. The van der Waals surface area contributed by atoms with Gasteiger partial charge >= 0.3 is 0 Å². The van der Waals surface area contributed by atoms with E-state index in [4.69, 9.17) is 0 Å². The highest BCUT2D eigenvalue weighted by atomic mass is 15.1. The Bertz CT molecular complexity index is 2670. The van der Waals surface area contributed by atoms with Crippen molar-refractivity contribution >= 4 is 66.4 Å². The maximum absolute atomic E-state index is 2.42. The number of para-hydroxylation sites is 4. The summed E-state index contributed by atoms with van der Waals surface area (Å²) >= 11 is 0. The predicted molar refractivity (Wildman–Crippen MR) is 239 cm³/mol. The lowest BCUT2D eigenvalue weighted by atomic mass is 9.87. The SMILES string of the molecule is c1ccc(N(c2ccccc2)c2cccc(-c3cc4c5ccccc5c(-c5cccc(N(c6ccccc6)c6ccccc6)c5)cc4c4ccccc34)c2)cc1. The molecule has 0 heterocycles. The zero-order chi connectivity index (χ0) is 37.3. The molecule has 0 saturated heterocycles. The number of benzene rings is 10. The van der Waals surface area contributed by atoms with E-state index in [1.165, 1.54) is 54.6 Å². The molecule has 10 rings (SSSR count). The molecule has 2 heteroatoms. The van der Waals surface area contributed by atoms with Gasteiger partial charge in [-0.15, -0.1) is 0 Å². The topological polar surface area (TPSA) is 6.48 Å². The van der Waals surface area contributed by atoms with Gasteiger partial charge in [-0.2, -0.15) is 0 Å². The van der Waals surface area contributed by atoms with E-state index in [1.54, 1.807) is 0 Å². The van der Waals surface area contributed by atoms with E-state index in [2.05, 4.69) is 240 Å². The zero-order valence-corrected chi connectivity index (χ0v) is 30.8. The summed E-state index contributed by atoms with van der Waals surface area (Å²) in [5, 5.41) is 7.45. The van der Waals surface area contributed by atoms with Gasteiger partial charge in [-0.25, -0.2) is 0 Å². The molecule has 56 heavy (non-hydrogen) atoms. The van der Waals surface area contributed by atoms with Crippen LogP contribution in [0.1, 0.15) is 0 Å². The third-order valence-corrected chi connectivity index (χ3v) is 10.8. The quantitative estimate of drug-likeness (QED) is 0.145. The van der Waals surface area contributed by atoms with Crippen LogP contribution in [0.15, 0.2) is 231 Å². The van der Waals surface area contributed by atoms with Gasteiger partial charge in [-0.3, -0.25) is 0 Å². The minimum atomic E-state index is 1.12. The van der Waals surface area contributed by atoms with Crippen LogP contribution in [0, 0.1) is 0 Å². The second-order valence-corrected chi connectivity index (χ2v) is 14.1. The van der Waals surface area contributed by atoms with Crippen molar-refractivity contribution in [1.29, 1.82) is 0 Å². The minimum Gasteiger partial charge on any atom is -0.310 e. The average Bonchev–Trinajstić information content (AvgIpc) is 3.28.